The number of carbonyl (C=O) groups excluding carboxylic acids is 2. The fourth-order valence-corrected chi connectivity index (χ4v) is 3.21. The molecule has 0 aliphatic carbocycles. The number of hydrogen-bond donors (Lipinski definition) is 1. The molecule has 2 rings (SSSR count). The molecule has 1 atom stereocenters. The smallest absolute Gasteiger partial charge is 0.238 e. The van der Waals surface area contributed by atoms with Crippen molar-refractivity contribution >= 4 is 17.5 Å². The van der Waals surface area contributed by atoms with E-state index < -0.39 is 0 Å². The van der Waals surface area contributed by atoms with Crippen LogP contribution in [0.25, 0.3) is 0 Å². The van der Waals surface area contributed by atoms with Crippen LogP contribution in [-0.2, 0) is 9.59 Å². The lowest BCUT2D eigenvalue weighted by atomic mass is 10.00. The second kappa shape index (κ2) is 8.83. The minimum Gasteiger partial charge on any atom is -0.339 e. The van der Waals surface area contributed by atoms with Crippen LogP contribution >= 0.6 is 0 Å². The molecule has 1 saturated heterocycles. The first-order valence-electron chi connectivity index (χ1n) is 8.84. The lowest BCUT2D eigenvalue weighted by Crippen LogP contribution is -2.48. The molecule has 1 N–H and O–H groups in total. The Balaban J connectivity index is 1.81. The molecular weight excluding hydrogens is 302 g/mol. The Hall–Kier alpha value is -1.88. The van der Waals surface area contributed by atoms with Gasteiger partial charge in [0.1, 0.15) is 0 Å². The van der Waals surface area contributed by atoms with E-state index in [-0.39, 0.29) is 24.9 Å². The van der Waals surface area contributed by atoms with Gasteiger partial charge >= 0.3 is 0 Å². The van der Waals surface area contributed by atoms with E-state index in [0.717, 1.165) is 37.1 Å². The normalized spacial score (nSPS) is 17.8. The summed E-state index contributed by atoms with van der Waals surface area (Å²) >= 11 is 0. The van der Waals surface area contributed by atoms with Crippen molar-refractivity contribution in [1.82, 2.24) is 9.80 Å². The first-order chi connectivity index (χ1) is 11.5. The van der Waals surface area contributed by atoms with Gasteiger partial charge in [0, 0.05) is 18.3 Å². The first kappa shape index (κ1) is 18.5. The maximum Gasteiger partial charge on any atom is 0.238 e. The predicted octanol–water partition coefficient (Wildman–Crippen LogP) is 2.66. The molecule has 0 aromatic heterocycles. The Kier molecular flexibility index (Phi) is 6.79. The van der Waals surface area contributed by atoms with Crippen molar-refractivity contribution in [1.29, 1.82) is 0 Å². The van der Waals surface area contributed by atoms with Crippen molar-refractivity contribution in [3.8, 4) is 0 Å². The van der Waals surface area contributed by atoms with Gasteiger partial charge in [0.05, 0.1) is 13.1 Å². The van der Waals surface area contributed by atoms with Crippen molar-refractivity contribution in [3.05, 3.63) is 29.8 Å². The Morgan fingerprint density at radius 3 is 2.58 bits per heavy atom. The van der Waals surface area contributed by atoms with Gasteiger partial charge in [-0.1, -0.05) is 24.6 Å². The third-order valence-electron chi connectivity index (χ3n) is 4.57. The summed E-state index contributed by atoms with van der Waals surface area (Å²) in [6.07, 6.45) is 4.39. The number of carbonyl (C=O) groups is 2. The average Bonchev–Trinajstić information content (AvgIpc) is 2.56. The van der Waals surface area contributed by atoms with E-state index in [4.69, 9.17) is 0 Å². The van der Waals surface area contributed by atoms with Gasteiger partial charge in [0.15, 0.2) is 0 Å². The van der Waals surface area contributed by atoms with Crippen molar-refractivity contribution in [3.63, 3.8) is 0 Å². The molecule has 1 aromatic rings. The quantitative estimate of drug-likeness (QED) is 0.872. The molecule has 0 unspecified atom stereocenters. The molecule has 1 aromatic carbocycles. The zero-order valence-electron chi connectivity index (χ0n) is 15.0. The van der Waals surface area contributed by atoms with Crippen LogP contribution in [0.4, 0.5) is 5.69 Å². The molecular formula is C19H29N3O2. The standard InChI is InChI=1S/C19H29N3O2/c1-4-17-7-5-6-12-22(17)19(24)14-21(3)13-18(23)20-16-10-8-15(2)9-11-16/h8-11,17H,4-7,12-14H2,1-3H3,(H,20,23)/t17-/m1/s1. The second-order valence-electron chi connectivity index (χ2n) is 6.73. The van der Waals surface area contributed by atoms with E-state index in [1.165, 1.54) is 6.42 Å². The third-order valence-corrected chi connectivity index (χ3v) is 4.57. The Morgan fingerprint density at radius 2 is 1.92 bits per heavy atom. The number of amides is 2. The van der Waals surface area contributed by atoms with Crippen LogP contribution in [0.15, 0.2) is 24.3 Å². The highest BCUT2D eigenvalue weighted by Gasteiger charge is 2.26. The molecule has 0 radical (unpaired) electrons. The van der Waals surface area contributed by atoms with E-state index >= 15 is 0 Å². The lowest BCUT2D eigenvalue weighted by Gasteiger charge is -2.36. The van der Waals surface area contributed by atoms with Crippen LogP contribution in [0.2, 0.25) is 0 Å². The largest absolute Gasteiger partial charge is 0.339 e. The maximum atomic E-state index is 12.5. The molecule has 5 heteroatoms. The third kappa shape index (κ3) is 5.34. The first-order valence-corrected chi connectivity index (χ1v) is 8.84. The van der Waals surface area contributed by atoms with Gasteiger partial charge in [-0.3, -0.25) is 14.5 Å². The fraction of sp³-hybridized carbons (Fsp3) is 0.579. The van der Waals surface area contributed by atoms with Crippen molar-refractivity contribution in [2.45, 2.75) is 45.6 Å². The minimum atomic E-state index is -0.0974. The zero-order valence-corrected chi connectivity index (χ0v) is 15.0. The van der Waals surface area contributed by atoms with E-state index in [0.29, 0.717) is 6.04 Å². The van der Waals surface area contributed by atoms with Crippen molar-refractivity contribution in [2.24, 2.45) is 0 Å². The molecule has 0 spiro atoms. The average molecular weight is 331 g/mol. The second-order valence-corrected chi connectivity index (χ2v) is 6.73. The van der Waals surface area contributed by atoms with Gasteiger partial charge in [-0.15, -0.1) is 0 Å². The summed E-state index contributed by atoms with van der Waals surface area (Å²) in [6.45, 7) is 5.49. The van der Waals surface area contributed by atoms with Gasteiger partial charge in [-0.25, -0.2) is 0 Å². The molecule has 0 bridgehead atoms. The minimum absolute atomic E-state index is 0.0974. The van der Waals surface area contributed by atoms with Crippen LogP contribution in [0.5, 0.6) is 0 Å². The highest BCUT2D eigenvalue weighted by molar-refractivity contribution is 5.92. The number of likely N-dealkylation sites (tertiary alicyclic amines) is 1. The molecule has 2 amide bonds. The molecule has 0 saturated carbocycles. The van der Waals surface area contributed by atoms with E-state index in [9.17, 15) is 9.59 Å². The van der Waals surface area contributed by atoms with Crippen LogP contribution in [-0.4, -0.2) is 54.3 Å². The molecule has 1 fully saturated rings. The predicted molar refractivity (Wildman–Crippen MR) is 96.9 cm³/mol. The molecule has 132 valence electrons. The topological polar surface area (TPSA) is 52.7 Å². The van der Waals surface area contributed by atoms with E-state index in [2.05, 4.69) is 12.2 Å². The lowest BCUT2D eigenvalue weighted by molar-refractivity contribution is -0.136. The number of hydrogen-bond acceptors (Lipinski definition) is 3. The summed E-state index contributed by atoms with van der Waals surface area (Å²) in [6, 6.07) is 8.06. The number of likely N-dealkylation sites (N-methyl/N-ethyl adjacent to an activating group) is 1. The van der Waals surface area contributed by atoms with Gasteiger partial charge in [0.2, 0.25) is 11.8 Å². The molecule has 1 aliphatic heterocycles. The monoisotopic (exact) mass is 331 g/mol. The molecule has 1 heterocycles. The van der Waals surface area contributed by atoms with Crippen LogP contribution in [0, 0.1) is 6.92 Å². The summed E-state index contributed by atoms with van der Waals surface area (Å²) in [7, 11) is 1.82. The SMILES string of the molecule is CC[C@@H]1CCCCN1C(=O)CN(C)CC(=O)Nc1ccc(C)cc1. The van der Waals surface area contributed by atoms with Gasteiger partial charge < -0.3 is 10.2 Å². The summed E-state index contributed by atoms with van der Waals surface area (Å²) in [5.74, 6) is 0.0343. The number of nitrogens with one attached hydrogen (secondary N) is 1. The number of benzene rings is 1. The number of aryl methyl sites for hydroxylation is 1. The Morgan fingerprint density at radius 1 is 1.21 bits per heavy atom. The summed E-state index contributed by atoms with van der Waals surface area (Å²) in [4.78, 5) is 28.4. The number of rotatable bonds is 6. The highest BCUT2D eigenvalue weighted by Crippen LogP contribution is 2.19. The van der Waals surface area contributed by atoms with E-state index in [1.54, 1.807) is 4.90 Å². The number of nitrogens with zero attached hydrogens (tertiary/aromatic N) is 2. The fourth-order valence-electron chi connectivity index (χ4n) is 3.21. The summed E-state index contributed by atoms with van der Waals surface area (Å²) < 4.78 is 0. The van der Waals surface area contributed by atoms with Crippen LogP contribution in [0.3, 0.4) is 0 Å². The summed E-state index contributed by atoms with van der Waals surface area (Å²) in [5, 5.41) is 2.87. The zero-order chi connectivity index (χ0) is 17.5. The van der Waals surface area contributed by atoms with Gasteiger partial charge in [-0.05, 0) is 51.8 Å². The molecule has 5 nitrogen and oxygen atoms in total. The maximum absolute atomic E-state index is 12.5. The molecule has 24 heavy (non-hydrogen) atoms. The molecule has 1 aliphatic rings. The Bertz CT molecular complexity index is 556. The summed E-state index contributed by atoms with van der Waals surface area (Å²) in [5.41, 5.74) is 1.94. The van der Waals surface area contributed by atoms with Gasteiger partial charge in [-0.2, -0.15) is 0 Å². The number of piperidine rings is 1. The van der Waals surface area contributed by atoms with Crippen LogP contribution < -0.4 is 5.32 Å². The van der Waals surface area contributed by atoms with Crippen molar-refractivity contribution in [2.75, 3.05) is 32.0 Å². The van der Waals surface area contributed by atoms with Crippen LogP contribution in [0.1, 0.15) is 38.2 Å². The Labute approximate surface area is 145 Å². The van der Waals surface area contributed by atoms with Gasteiger partial charge in [0.25, 0.3) is 0 Å². The number of anilines is 1. The highest BCUT2D eigenvalue weighted by atomic mass is 16.2. The van der Waals surface area contributed by atoms with E-state index in [1.807, 2.05) is 43.1 Å². The van der Waals surface area contributed by atoms with Crippen molar-refractivity contribution < 1.29 is 9.59 Å².